The van der Waals surface area contributed by atoms with Crippen LogP contribution in [-0.2, 0) is 16.1 Å². The minimum Gasteiger partial charge on any atom is -0.481 e. The van der Waals surface area contributed by atoms with Crippen molar-refractivity contribution in [3.8, 4) is 0 Å². The molecule has 0 saturated carbocycles. The third-order valence-electron chi connectivity index (χ3n) is 4.50. The number of nitrogens with one attached hydrogen (secondary N) is 1. The first-order chi connectivity index (χ1) is 13.7. The first kappa shape index (κ1) is 22.0. The molecule has 156 valence electrons. The van der Waals surface area contributed by atoms with E-state index in [2.05, 4.69) is 10.3 Å². The third kappa shape index (κ3) is 5.85. The number of nitro groups is 1. The molecule has 0 aliphatic heterocycles. The molecule has 0 saturated heterocycles. The molecule has 2 aromatic rings. The lowest BCUT2D eigenvalue weighted by atomic mass is 10.0. The van der Waals surface area contributed by atoms with Crippen LogP contribution in [0.15, 0.2) is 36.8 Å². The molecule has 0 aliphatic rings. The van der Waals surface area contributed by atoms with E-state index in [1.807, 2.05) is 13.8 Å². The molecule has 1 aromatic carbocycles. The van der Waals surface area contributed by atoms with Crippen molar-refractivity contribution in [3.05, 3.63) is 58.2 Å². The Morgan fingerprint density at radius 1 is 1.24 bits per heavy atom. The highest BCUT2D eigenvalue weighted by Crippen LogP contribution is 2.22. The average molecular weight is 404 g/mol. The van der Waals surface area contributed by atoms with Gasteiger partial charge in [-0.15, -0.1) is 0 Å². The van der Waals surface area contributed by atoms with E-state index in [0.717, 1.165) is 0 Å². The summed E-state index contributed by atoms with van der Waals surface area (Å²) in [6.45, 7) is 3.73. The topological polar surface area (TPSA) is 148 Å². The zero-order chi connectivity index (χ0) is 21.6. The monoisotopic (exact) mass is 404 g/mol. The molecule has 10 heteroatoms. The van der Waals surface area contributed by atoms with Crippen molar-refractivity contribution >= 4 is 17.6 Å². The van der Waals surface area contributed by atoms with Gasteiger partial charge in [0.25, 0.3) is 5.69 Å². The first-order valence-electron chi connectivity index (χ1n) is 9.12. The number of carboxylic acids is 2. The number of nitro benzene ring substituents is 1. The van der Waals surface area contributed by atoms with Gasteiger partial charge in [0.05, 0.1) is 23.5 Å². The maximum atomic E-state index is 11.8. The Morgan fingerprint density at radius 3 is 2.52 bits per heavy atom. The zero-order valence-electron chi connectivity index (χ0n) is 16.2. The number of carboxylic acid groups (broad SMARTS) is 2. The van der Waals surface area contributed by atoms with Crippen molar-refractivity contribution in [2.75, 3.05) is 6.54 Å². The van der Waals surface area contributed by atoms with E-state index < -0.39 is 28.8 Å². The van der Waals surface area contributed by atoms with Crippen LogP contribution in [0.1, 0.15) is 37.4 Å². The van der Waals surface area contributed by atoms with E-state index in [1.54, 1.807) is 18.2 Å². The number of aliphatic carboxylic acids is 2. The summed E-state index contributed by atoms with van der Waals surface area (Å²) in [5, 5.41) is 33.1. The van der Waals surface area contributed by atoms with E-state index in [9.17, 15) is 29.9 Å². The molecular weight excluding hydrogens is 380 g/mol. The summed E-state index contributed by atoms with van der Waals surface area (Å²) in [5.74, 6) is -3.13. The highest BCUT2D eigenvalue weighted by Gasteiger charge is 2.27. The molecule has 0 aliphatic carbocycles. The van der Waals surface area contributed by atoms with Gasteiger partial charge in [-0.05, 0) is 12.3 Å². The van der Waals surface area contributed by atoms with Crippen LogP contribution in [0, 0.1) is 16.0 Å². The van der Waals surface area contributed by atoms with Crippen LogP contribution in [0.3, 0.4) is 0 Å². The van der Waals surface area contributed by atoms with E-state index in [0.29, 0.717) is 17.7 Å². The Bertz CT molecular complexity index is 879. The van der Waals surface area contributed by atoms with Gasteiger partial charge in [-0.2, -0.15) is 0 Å². The van der Waals surface area contributed by atoms with Gasteiger partial charge < -0.3 is 20.1 Å². The van der Waals surface area contributed by atoms with Crippen molar-refractivity contribution in [2.45, 2.75) is 38.8 Å². The van der Waals surface area contributed by atoms with Crippen LogP contribution in [0.5, 0.6) is 0 Å². The fourth-order valence-electron chi connectivity index (χ4n) is 3.08. The number of para-hydroxylation sites is 1. The van der Waals surface area contributed by atoms with Crippen LogP contribution in [0.4, 0.5) is 5.69 Å². The quantitative estimate of drug-likeness (QED) is 0.381. The smallest absolute Gasteiger partial charge is 0.320 e. The molecule has 0 amide bonds. The number of imidazole rings is 1. The summed E-state index contributed by atoms with van der Waals surface area (Å²) in [4.78, 5) is 38.0. The number of aromatic nitrogens is 2. The summed E-state index contributed by atoms with van der Waals surface area (Å²) < 4.78 is 1.53. The number of hydrogen-bond donors (Lipinski definition) is 3. The summed E-state index contributed by atoms with van der Waals surface area (Å²) in [6.07, 6.45) is 3.15. The molecular formula is C19H24N4O6. The molecule has 0 bridgehead atoms. The van der Waals surface area contributed by atoms with Crippen LogP contribution in [-0.4, -0.2) is 49.2 Å². The van der Waals surface area contributed by atoms with Gasteiger partial charge >= 0.3 is 11.9 Å². The van der Waals surface area contributed by atoms with Gasteiger partial charge in [-0.3, -0.25) is 19.7 Å². The average Bonchev–Trinajstić information content (AvgIpc) is 3.08. The highest BCUT2D eigenvalue weighted by molar-refractivity contribution is 5.76. The molecule has 3 N–H and O–H groups in total. The van der Waals surface area contributed by atoms with Gasteiger partial charge in [-0.25, -0.2) is 4.98 Å². The Hall–Kier alpha value is -3.27. The standard InChI is InChI=1S/C19H24N4O6/c1-12(2)7-15(19(26)27)21-8-14(18(24)25)17-9-20-11-22(17)10-13-5-3-4-6-16(13)23(28)29/h3-6,9,11-12,14-15,21H,7-8,10H2,1-2H3,(H,24,25)(H,26,27). The van der Waals surface area contributed by atoms with E-state index in [4.69, 9.17) is 0 Å². The molecule has 0 spiro atoms. The van der Waals surface area contributed by atoms with E-state index in [1.165, 1.54) is 23.2 Å². The first-order valence-corrected chi connectivity index (χ1v) is 9.12. The maximum absolute atomic E-state index is 11.8. The summed E-state index contributed by atoms with van der Waals surface area (Å²) in [6, 6.07) is 5.33. The van der Waals surface area contributed by atoms with Gasteiger partial charge in [0, 0.05) is 24.4 Å². The SMILES string of the molecule is CC(C)CC(NCC(C(=O)O)c1cncn1Cc1ccccc1[N+](=O)[O-])C(=O)O. The van der Waals surface area contributed by atoms with Crippen LogP contribution < -0.4 is 5.32 Å². The van der Waals surface area contributed by atoms with Crippen LogP contribution >= 0.6 is 0 Å². The van der Waals surface area contributed by atoms with Crippen LogP contribution in [0.25, 0.3) is 0 Å². The number of rotatable bonds is 11. The van der Waals surface area contributed by atoms with Gasteiger partial charge in [0.2, 0.25) is 0 Å². The number of nitrogens with zero attached hydrogens (tertiary/aromatic N) is 3. The number of benzene rings is 1. The largest absolute Gasteiger partial charge is 0.481 e. The molecule has 2 rings (SSSR count). The normalized spacial score (nSPS) is 13.2. The second kappa shape index (κ2) is 9.78. The number of hydrogen-bond acceptors (Lipinski definition) is 6. The molecule has 1 heterocycles. The fourth-order valence-corrected chi connectivity index (χ4v) is 3.08. The van der Waals surface area contributed by atoms with Crippen LogP contribution in [0.2, 0.25) is 0 Å². The minimum absolute atomic E-state index is 0.0694. The Balaban J connectivity index is 2.24. The van der Waals surface area contributed by atoms with Gasteiger partial charge in [0.1, 0.15) is 12.0 Å². The van der Waals surface area contributed by atoms with Crippen molar-refractivity contribution < 1.29 is 24.7 Å². The Morgan fingerprint density at radius 2 is 1.93 bits per heavy atom. The molecule has 2 unspecified atom stereocenters. The predicted octanol–water partition coefficient (Wildman–Crippen LogP) is 2.10. The second-order valence-electron chi connectivity index (χ2n) is 7.15. The second-order valence-corrected chi connectivity index (χ2v) is 7.15. The van der Waals surface area contributed by atoms with Gasteiger partial charge in [0.15, 0.2) is 0 Å². The van der Waals surface area contributed by atoms with Gasteiger partial charge in [-0.1, -0.05) is 32.0 Å². The Kier molecular flexibility index (Phi) is 7.43. The Labute approximate surface area is 167 Å². The highest BCUT2D eigenvalue weighted by atomic mass is 16.6. The summed E-state index contributed by atoms with van der Waals surface area (Å²) >= 11 is 0. The van der Waals surface area contributed by atoms with Crippen molar-refractivity contribution in [1.82, 2.24) is 14.9 Å². The predicted molar refractivity (Wildman–Crippen MR) is 104 cm³/mol. The van der Waals surface area contributed by atoms with Crippen molar-refractivity contribution in [3.63, 3.8) is 0 Å². The molecule has 0 radical (unpaired) electrons. The lowest BCUT2D eigenvalue weighted by molar-refractivity contribution is -0.385. The fraction of sp³-hybridized carbons (Fsp3) is 0.421. The molecule has 0 fully saturated rings. The lowest BCUT2D eigenvalue weighted by Crippen LogP contribution is -2.41. The molecule has 29 heavy (non-hydrogen) atoms. The lowest BCUT2D eigenvalue weighted by Gasteiger charge is -2.20. The van der Waals surface area contributed by atoms with E-state index >= 15 is 0 Å². The zero-order valence-corrected chi connectivity index (χ0v) is 16.2. The summed E-state index contributed by atoms with van der Waals surface area (Å²) in [5.41, 5.74) is 0.675. The molecule has 10 nitrogen and oxygen atoms in total. The maximum Gasteiger partial charge on any atom is 0.320 e. The molecule has 2 atom stereocenters. The van der Waals surface area contributed by atoms with Crippen molar-refractivity contribution in [2.24, 2.45) is 5.92 Å². The van der Waals surface area contributed by atoms with E-state index in [-0.39, 0.29) is 24.7 Å². The molecule has 1 aromatic heterocycles. The van der Waals surface area contributed by atoms with Crippen molar-refractivity contribution in [1.29, 1.82) is 0 Å². The summed E-state index contributed by atoms with van der Waals surface area (Å²) in [7, 11) is 0. The third-order valence-corrected chi connectivity index (χ3v) is 4.50. The minimum atomic E-state index is -1.14. The number of carbonyl (C=O) groups is 2.